The van der Waals surface area contributed by atoms with E-state index in [1.807, 2.05) is 19.9 Å². The number of nitrogens with zero attached hydrogens (tertiary/aromatic N) is 1. The molecule has 0 saturated heterocycles. The normalized spacial score (nSPS) is 38.5. The molecule has 0 N–H and O–H groups in total. The zero-order valence-electron chi connectivity index (χ0n) is 26.1. The molecule has 3 rings (SSSR count). The van der Waals surface area contributed by atoms with Crippen LogP contribution in [0.4, 0.5) is 0 Å². The molecule has 0 bridgehead atoms. The van der Waals surface area contributed by atoms with Crippen LogP contribution < -0.4 is 0 Å². The fourth-order valence-corrected chi connectivity index (χ4v) is 9.53. The van der Waals surface area contributed by atoms with E-state index >= 15 is 0 Å². The lowest BCUT2D eigenvalue weighted by atomic mass is 9.39. The smallest absolute Gasteiger partial charge is 0.178 e. The van der Waals surface area contributed by atoms with Crippen molar-refractivity contribution in [3.05, 3.63) is 11.6 Å². The Balaban J connectivity index is 2.04. The van der Waals surface area contributed by atoms with Gasteiger partial charge in [-0.25, -0.2) is 0 Å². The van der Waals surface area contributed by atoms with Crippen molar-refractivity contribution < 1.29 is 14.4 Å². The molecular formula is C34H53NO3. The largest absolute Gasteiger partial charge is 0.300 e. The van der Waals surface area contributed by atoms with Gasteiger partial charge in [0.15, 0.2) is 5.78 Å². The van der Waals surface area contributed by atoms with Gasteiger partial charge in [0.25, 0.3) is 0 Å². The van der Waals surface area contributed by atoms with Crippen LogP contribution in [0.1, 0.15) is 128 Å². The summed E-state index contributed by atoms with van der Waals surface area (Å²) in [5.41, 5.74) is -1.16. The van der Waals surface area contributed by atoms with Gasteiger partial charge in [0.05, 0.1) is 5.57 Å². The summed E-state index contributed by atoms with van der Waals surface area (Å²) in [6, 6.07) is 2.19. The molecular weight excluding hydrogens is 470 g/mol. The summed E-state index contributed by atoms with van der Waals surface area (Å²) >= 11 is 0. The van der Waals surface area contributed by atoms with E-state index < -0.39 is 10.8 Å². The van der Waals surface area contributed by atoms with Gasteiger partial charge in [0.1, 0.15) is 17.6 Å². The van der Waals surface area contributed by atoms with Gasteiger partial charge >= 0.3 is 0 Å². The second kappa shape index (κ2) is 9.71. The monoisotopic (exact) mass is 523 g/mol. The predicted molar refractivity (Wildman–Crippen MR) is 153 cm³/mol. The van der Waals surface area contributed by atoms with Gasteiger partial charge in [-0.3, -0.25) is 9.59 Å². The molecule has 2 saturated carbocycles. The van der Waals surface area contributed by atoms with Crippen molar-refractivity contribution in [2.45, 2.75) is 128 Å². The van der Waals surface area contributed by atoms with Crippen LogP contribution in [0.25, 0.3) is 0 Å². The standard InChI is InChI=1S/C34H53NO3/c1-22-19-29(4,5)14-16-34(22,24(3)37)17-15-30(6,7)33(11)13-12-26-31(8,9)28(38)25(21-35)20-32(26,10)27(33)18-23(2)36/h20,22,26-27H,12-19H2,1-11H3/t22?,26-,27+,32-,33+,34-/m0/s1. The molecule has 4 nitrogen and oxygen atoms in total. The maximum atomic E-state index is 13.2. The van der Waals surface area contributed by atoms with Crippen molar-refractivity contribution in [2.24, 2.45) is 50.2 Å². The van der Waals surface area contributed by atoms with E-state index in [1.165, 1.54) is 0 Å². The number of hydrogen-bond acceptors (Lipinski definition) is 4. The van der Waals surface area contributed by atoms with Gasteiger partial charge in [0.2, 0.25) is 0 Å². The van der Waals surface area contributed by atoms with Crippen molar-refractivity contribution in [1.82, 2.24) is 0 Å². The van der Waals surface area contributed by atoms with Gasteiger partial charge in [0, 0.05) is 17.3 Å². The molecule has 0 amide bonds. The second-order valence-electron chi connectivity index (χ2n) is 15.9. The van der Waals surface area contributed by atoms with Crippen LogP contribution in [0.3, 0.4) is 0 Å². The molecule has 0 aromatic rings. The lowest BCUT2D eigenvalue weighted by molar-refractivity contribution is -0.157. The summed E-state index contributed by atoms with van der Waals surface area (Å²) in [5.74, 6) is 0.852. The molecule has 3 aliphatic rings. The quantitative estimate of drug-likeness (QED) is 0.336. The lowest BCUT2D eigenvalue weighted by Crippen LogP contribution is -2.60. The Morgan fingerprint density at radius 3 is 2.16 bits per heavy atom. The number of carbonyl (C=O) groups excluding carboxylic acids is 3. The minimum atomic E-state index is -0.641. The van der Waals surface area contributed by atoms with Crippen LogP contribution in [0.5, 0.6) is 0 Å². The molecule has 4 heteroatoms. The van der Waals surface area contributed by atoms with Gasteiger partial charge in [-0.15, -0.1) is 0 Å². The van der Waals surface area contributed by atoms with Crippen LogP contribution in [0.15, 0.2) is 11.6 Å². The molecule has 0 aromatic heterocycles. The number of nitriles is 1. The summed E-state index contributed by atoms with van der Waals surface area (Å²) in [6.45, 7) is 23.6. The van der Waals surface area contributed by atoms with E-state index in [0.29, 0.717) is 18.1 Å². The summed E-state index contributed by atoms with van der Waals surface area (Å²) in [6.07, 6.45) is 9.09. The average molecular weight is 524 g/mol. The first-order valence-electron chi connectivity index (χ1n) is 14.9. The van der Waals surface area contributed by atoms with Crippen molar-refractivity contribution in [2.75, 3.05) is 0 Å². The molecule has 0 aromatic carbocycles. The number of ketones is 3. The Bertz CT molecular complexity index is 1070. The molecule has 1 unspecified atom stereocenters. The number of rotatable bonds is 7. The number of hydrogen-bond donors (Lipinski definition) is 0. The summed E-state index contributed by atoms with van der Waals surface area (Å²) in [4.78, 5) is 39.2. The zero-order valence-corrected chi connectivity index (χ0v) is 26.1. The van der Waals surface area contributed by atoms with Crippen LogP contribution in [-0.2, 0) is 14.4 Å². The Morgan fingerprint density at radius 1 is 1.05 bits per heavy atom. The Morgan fingerprint density at radius 2 is 1.66 bits per heavy atom. The van der Waals surface area contributed by atoms with Crippen LogP contribution in [-0.4, -0.2) is 17.3 Å². The summed E-state index contributed by atoms with van der Waals surface area (Å²) in [7, 11) is 0. The molecule has 212 valence electrons. The highest BCUT2D eigenvalue weighted by molar-refractivity contribution is 6.04. The Labute approximate surface area is 232 Å². The van der Waals surface area contributed by atoms with Crippen molar-refractivity contribution in [3.63, 3.8) is 0 Å². The molecule has 3 aliphatic carbocycles. The maximum Gasteiger partial charge on any atom is 0.178 e. The van der Waals surface area contributed by atoms with Gasteiger partial charge in [-0.05, 0) is 98.2 Å². The number of carbonyl (C=O) groups is 3. The van der Waals surface area contributed by atoms with E-state index in [9.17, 15) is 19.6 Å². The molecule has 0 radical (unpaired) electrons. The molecule has 0 aliphatic heterocycles. The first-order chi connectivity index (χ1) is 17.2. The van der Waals surface area contributed by atoms with E-state index in [4.69, 9.17) is 0 Å². The van der Waals surface area contributed by atoms with E-state index in [0.717, 1.165) is 44.9 Å². The van der Waals surface area contributed by atoms with Crippen molar-refractivity contribution in [3.8, 4) is 6.07 Å². The Kier molecular flexibility index (Phi) is 7.86. The highest BCUT2D eigenvalue weighted by Gasteiger charge is 2.63. The lowest BCUT2D eigenvalue weighted by Gasteiger charge is -2.64. The average Bonchev–Trinajstić information content (AvgIpc) is 2.77. The Hall–Kier alpha value is -1.76. The highest BCUT2D eigenvalue weighted by atomic mass is 16.1. The van der Waals surface area contributed by atoms with E-state index in [2.05, 4.69) is 54.5 Å². The highest BCUT2D eigenvalue weighted by Crippen LogP contribution is 2.68. The molecule has 2 fully saturated rings. The van der Waals surface area contributed by atoms with Gasteiger partial charge in [-0.2, -0.15) is 5.26 Å². The SMILES string of the molecule is CC(=O)C[C@@H]1[C@@]2(C)C=C(C#N)C(=O)C(C)(C)[C@@H]2CC[C@@]1(C)C(C)(C)CC[C@@]1(C(C)=O)CCC(C)(C)CC1C. The first kappa shape index (κ1) is 30.8. The topological polar surface area (TPSA) is 75.0 Å². The van der Waals surface area contributed by atoms with Gasteiger partial charge in [-0.1, -0.05) is 68.4 Å². The third-order valence-corrected chi connectivity index (χ3v) is 12.5. The van der Waals surface area contributed by atoms with Crippen molar-refractivity contribution in [1.29, 1.82) is 5.26 Å². The molecule has 0 spiro atoms. The fourth-order valence-electron chi connectivity index (χ4n) is 9.53. The predicted octanol–water partition coefficient (Wildman–Crippen LogP) is 8.29. The number of fused-ring (bicyclic) bond motifs is 1. The molecule has 0 heterocycles. The number of Topliss-reactive ketones (excluding diaryl/α,β-unsaturated/α-hetero) is 3. The van der Waals surface area contributed by atoms with E-state index in [-0.39, 0.29) is 50.6 Å². The first-order valence-corrected chi connectivity index (χ1v) is 14.9. The fraction of sp³-hybridized carbons (Fsp3) is 0.824. The second-order valence-corrected chi connectivity index (χ2v) is 15.9. The third kappa shape index (κ3) is 4.75. The summed E-state index contributed by atoms with van der Waals surface area (Å²) < 4.78 is 0. The number of allylic oxidation sites excluding steroid dienone is 2. The van der Waals surface area contributed by atoms with Crippen LogP contribution >= 0.6 is 0 Å². The van der Waals surface area contributed by atoms with Crippen LogP contribution in [0, 0.1) is 61.6 Å². The summed E-state index contributed by atoms with van der Waals surface area (Å²) in [5, 5.41) is 9.89. The minimum absolute atomic E-state index is 0.00738. The third-order valence-electron chi connectivity index (χ3n) is 12.5. The zero-order chi connectivity index (χ0) is 29.1. The molecule has 6 atom stereocenters. The van der Waals surface area contributed by atoms with Gasteiger partial charge < -0.3 is 4.79 Å². The minimum Gasteiger partial charge on any atom is -0.300 e. The maximum absolute atomic E-state index is 13.2. The van der Waals surface area contributed by atoms with Crippen LogP contribution in [0.2, 0.25) is 0 Å². The van der Waals surface area contributed by atoms with E-state index in [1.54, 1.807) is 13.8 Å². The van der Waals surface area contributed by atoms with Crippen molar-refractivity contribution >= 4 is 17.3 Å². The molecule has 38 heavy (non-hydrogen) atoms.